The smallest absolute Gasteiger partial charge is 0.263 e. The fourth-order valence-electron chi connectivity index (χ4n) is 2.46. The number of aryl methyl sites for hydroxylation is 3. The van der Waals surface area contributed by atoms with Crippen LogP contribution in [0.1, 0.15) is 17.1 Å². The number of halogens is 2. The molecular weight excluding hydrogens is 373 g/mol. The van der Waals surface area contributed by atoms with Gasteiger partial charge in [0.25, 0.3) is 11.9 Å². The molecule has 0 fully saturated rings. The Balaban J connectivity index is 1.74. The van der Waals surface area contributed by atoms with E-state index in [-0.39, 0.29) is 17.4 Å². The maximum absolute atomic E-state index is 13.1. The van der Waals surface area contributed by atoms with Gasteiger partial charge in [-0.2, -0.15) is 9.78 Å². The van der Waals surface area contributed by atoms with E-state index >= 15 is 0 Å². The third-order valence-electron chi connectivity index (χ3n) is 3.51. The van der Waals surface area contributed by atoms with Crippen molar-refractivity contribution in [3.63, 3.8) is 0 Å². The number of aromatic nitrogens is 4. The van der Waals surface area contributed by atoms with Gasteiger partial charge in [-0.25, -0.2) is 14.4 Å². The number of carbonyl (C=O) groups is 1. The Kier molecular flexibility index (Phi) is 5.36. The van der Waals surface area contributed by atoms with Crippen molar-refractivity contribution >= 4 is 23.3 Å². The molecular formula is C18H17ClFN5O2. The molecule has 1 amide bonds. The zero-order valence-electron chi connectivity index (χ0n) is 15.0. The molecule has 3 aromatic rings. The van der Waals surface area contributed by atoms with E-state index in [0.717, 1.165) is 17.5 Å². The van der Waals surface area contributed by atoms with Crippen LogP contribution in [0.5, 0.6) is 5.75 Å². The van der Waals surface area contributed by atoms with E-state index in [1.807, 2.05) is 19.9 Å². The van der Waals surface area contributed by atoms with Gasteiger partial charge < -0.3 is 10.1 Å². The van der Waals surface area contributed by atoms with Crippen LogP contribution in [0.4, 0.5) is 10.2 Å². The lowest BCUT2D eigenvalue weighted by molar-refractivity contribution is -0.118. The largest absolute Gasteiger partial charge is 0.482 e. The molecule has 0 saturated carbocycles. The lowest BCUT2D eigenvalue weighted by Crippen LogP contribution is -2.22. The van der Waals surface area contributed by atoms with Gasteiger partial charge in [-0.15, -0.1) is 0 Å². The van der Waals surface area contributed by atoms with E-state index in [1.54, 1.807) is 13.0 Å². The second-order valence-electron chi connectivity index (χ2n) is 5.95. The molecule has 140 valence electrons. The Labute approximate surface area is 160 Å². The molecule has 0 bridgehead atoms. The quantitative estimate of drug-likeness (QED) is 0.723. The number of nitrogens with one attached hydrogen (secondary N) is 1. The summed E-state index contributed by atoms with van der Waals surface area (Å²) in [6.07, 6.45) is 0. The predicted molar refractivity (Wildman–Crippen MR) is 98.9 cm³/mol. The van der Waals surface area contributed by atoms with Crippen LogP contribution in [0.15, 0.2) is 30.3 Å². The van der Waals surface area contributed by atoms with Gasteiger partial charge in [0.1, 0.15) is 17.4 Å². The summed E-state index contributed by atoms with van der Waals surface area (Å²) in [5, 5.41) is 7.13. The van der Waals surface area contributed by atoms with Crippen LogP contribution in [-0.2, 0) is 4.79 Å². The highest BCUT2D eigenvalue weighted by Gasteiger charge is 2.14. The molecule has 2 aromatic heterocycles. The zero-order valence-corrected chi connectivity index (χ0v) is 15.7. The number of carbonyl (C=O) groups excluding carboxylic acids is 1. The van der Waals surface area contributed by atoms with Crippen LogP contribution >= 0.6 is 11.6 Å². The molecule has 0 atom stereocenters. The minimum Gasteiger partial charge on any atom is -0.482 e. The molecule has 0 aliphatic rings. The maximum Gasteiger partial charge on any atom is 0.263 e. The van der Waals surface area contributed by atoms with E-state index in [0.29, 0.717) is 17.5 Å². The number of ether oxygens (including phenoxy) is 1. The number of benzene rings is 1. The number of rotatable bonds is 5. The summed E-state index contributed by atoms with van der Waals surface area (Å²) in [4.78, 5) is 21.0. The van der Waals surface area contributed by atoms with Gasteiger partial charge >= 0.3 is 0 Å². The van der Waals surface area contributed by atoms with Crippen LogP contribution in [-0.4, -0.2) is 32.3 Å². The molecule has 0 radical (unpaired) electrons. The van der Waals surface area contributed by atoms with Crippen molar-refractivity contribution in [3.8, 4) is 11.7 Å². The van der Waals surface area contributed by atoms with Gasteiger partial charge in [0.2, 0.25) is 0 Å². The highest BCUT2D eigenvalue weighted by Crippen LogP contribution is 2.24. The molecule has 1 aromatic carbocycles. The molecule has 2 heterocycles. The summed E-state index contributed by atoms with van der Waals surface area (Å²) < 4.78 is 19.9. The second-order valence-corrected chi connectivity index (χ2v) is 6.35. The fourth-order valence-corrected chi connectivity index (χ4v) is 2.68. The van der Waals surface area contributed by atoms with E-state index in [9.17, 15) is 9.18 Å². The Hall–Kier alpha value is -3.00. The predicted octanol–water partition coefficient (Wildman–Crippen LogP) is 3.40. The molecule has 3 rings (SSSR count). The molecule has 7 nitrogen and oxygen atoms in total. The van der Waals surface area contributed by atoms with E-state index < -0.39 is 11.7 Å². The van der Waals surface area contributed by atoms with Gasteiger partial charge in [-0.3, -0.25) is 4.79 Å². The number of nitrogens with zero attached hydrogens (tertiary/aromatic N) is 4. The monoisotopic (exact) mass is 389 g/mol. The minimum atomic E-state index is -0.482. The van der Waals surface area contributed by atoms with Gasteiger partial charge in [-0.05, 0) is 45.0 Å². The second kappa shape index (κ2) is 7.71. The van der Waals surface area contributed by atoms with Crippen molar-refractivity contribution in [2.45, 2.75) is 20.8 Å². The topological polar surface area (TPSA) is 81.9 Å². The molecule has 27 heavy (non-hydrogen) atoms. The molecule has 0 unspecified atom stereocenters. The van der Waals surface area contributed by atoms with Crippen molar-refractivity contribution in [1.82, 2.24) is 19.7 Å². The Morgan fingerprint density at radius 2 is 1.85 bits per heavy atom. The Morgan fingerprint density at radius 1 is 1.15 bits per heavy atom. The van der Waals surface area contributed by atoms with Gasteiger partial charge in [-0.1, -0.05) is 11.6 Å². The summed E-state index contributed by atoms with van der Waals surface area (Å²) in [7, 11) is 0. The molecule has 0 spiro atoms. The van der Waals surface area contributed by atoms with Crippen LogP contribution in [0, 0.1) is 26.6 Å². The first kappa shape index (κ1) is 18.8. The molecule has 0 aliphatic heterocycles. The van der Waals surface area contributed by atoms with Gasteiger partial charge in [0, 0.05) is 17.5 Å². The van der Waals surface area contributed by atoms with E-state index in [4.69, 9.17) is 16.3 Å². The normalized spacial score (nSPS) is 10.7. The highest BCUT2D eigenvalue weighted by molar-refractivity contribution is 6.32. The zero-order chi connectivity index (χ0) is 19.6. The summed E-state index contributed by atoms with van der Waals surface area (Å²) >= 11 is 5.88. The Morgan fingerprint density at radius 3 is 2.52 bits per heavy atom. The van der Waals surface area contributed by atoms with Crippen molar-refractivity contribution < 1.29 is 13.9 Å². The maximum atomic E-state index is 13.1. The fraction of sp³-hybridized carbons (Fsp3) is 0.222. The molecule has 0 saturated heterocycles. The van der Waals surface area contributed by atoms with E-state index in [2.05, 4.69) is 20.4 Å². The van der Waals surface area contributed by atoms with Crippen LogP contribution < -0.4 is 10.1 Å². The van der Waals surface area contributed by atoms with Crippen molar-refractivity contribution in [2.24, 2.45) is 0 Å². The first-order chi connectivity index (χ1) is 12.8. The lowest BCUT2D eigenvalue weighted by atomic mass is 10.3. The average molecular weight is 390 g/mol. The molecule has 0 aliphatic carbocycles. The number of amides is 1. The average Bonchev–Trinajstić information content (AvgIpc) is 2.93. The summed E-state index contributed by atoms with van der Waals surface area (Å²) in [6, 6.07) is 7.23. The van der Waals surface area contributed by atoms with Gasteiger partial charge in [0.15, 0.2) is 6.61 Å². The highest BCUT2D eigenvalue weighted by atomic mass is 35.5. The minimum absolute atomic E-state index is 0.0901. The number of hydrogen-bond donors (Lipinski definition) is 1. The first-order valence-corrected chi connectivity index (χ1v) is 8.46. The third-order valence-corrected chi connectivity index (χ3v) is 3.81. The Bertz CT molecular complexity index is 985. The number of hydrogen-bond acceptors (Lipinski definition) is 5. The molecule has 1 N–H and O–H groups in total. The van der Waals surface area contributed by atoms with Crippen molar-refractivity contribution in [2.75, 3.05) is 11.9 Å². The number of anilines is 1. The van der Waals surface area contributed by atoms with Gasteiger partial charge in [0.05, 0.1) is 10.7 Å². The van der Waals surface area contributed by atoms with Crippen LogP contribution in [0.2, 0.25) is 5.02 Å². The standard InChI is InChI=1S/C18H17ClFN5O2/c1-10-6-11(2)22-18(21-10)25-16(7-12(3)24-25)23-17(26)9-27-15-5-4-13(20)8-14(15)19/h4-8H,9H2,1-3H3,(H,23,26). The molecule has 9 heteroatoms. The summed E-state index contributed by atoms with van der Waals surface area (Å²) in [6.45, 7) is 5.20. The summed E-state index contributed by atoms with van der Waals surface area (Å²) in [5.74, 6) is 0.0794. The summed E-state index contributed by atoms with van der Waals surface area (Å²) in [5.41, 5.74) is 2.27. The van der Waals surface area contributed by atoms with Crippen molar-refractivity contribution in [1.29, 1.82) is 0 Å². The third kappa shape index (κ3) is 4.59. The first-order valence-electron chi connectivity index (χ1n) is 8.09. The SMILES string of the molecule is Cc1cc(C)nc(-n2nc(C)cc2NC(=O)COc2ccc(F)cc2Cl)n1. The van der Waals surface area contributed by atoms with E-state index in [1.165, 1.54) is 16.8 Å². The van der Waals surface area contributed by atoms with Crippen molar-refractivity contribution in [3.05, 3.63) is 58.3 Å². The lowest BCUT2D eigenvalue weighted by Gasteiger charge is -2.10. The van der Waals surface area contributed by atoms with Crippen LogP contribution in [0.25, 0.3) is 5.95 Å². The van der Waals surface area contributed by atoms with Crippen LogP contribution in [0.3, 0.4) is 0 Å².